The Morgan fingerprint density at radius 3 is 2.59 bits per heavy atom. The second-order valence-electron chi connectivity index (χ2n) is 6.44. The van der Waals surface area contributed by atoms with Gasteiger partial charge in [-0.1, -0.05) is 88.4 Å². The highest BCUT2D eigenvalue weighted by atomic mass is 32.2. The summed E-state index contributed by atoms with van der Waals surface area (Å²) in [6, 6.07) is 17.8. The number of hydrogen-bond donors (Lipinski definition) is 1. The largest absolute Gasteiger partial charge is 0.355 e. The number of anilines is 1. The van der Waals surface area contributed by atoms with Gasteiger partial charge in [0.1, 0.15) is 5.56 Å². The maximum absolute atomic E-state index is 12.8. The van der Waals surface area contributed by atoms with Crippen LogP contribution in [0.15, 0.2) is 63.5 Å². The molecule has 2 aromatic heterocycles. The first-order valence-electron chi connectivity index (χ1n) is 8.95. The Balaban J connectivity index is 1.45. The third kappa shape index (κ3) is 4.55. The number of rotatable bonds is 6. The SMILES string of the molecule is Cc1ccc(CSc2nnc(NC(=O)c3c(C)noc3-c3ccccc3)s2)cc1. The number of carbonyl (C=O) groups is 1. The highest BCUT2D eigenvalue weighted by Crippen LogP contribution is 2.30. The third-order valence-corrected chi connectivity index (χ3v) is 6.28. The maximum atomic E-state index is 12.8. The first kappa shape index (κ1) is 19.4. The first-order valence-corrected chi connectivity index (χ1v) is 10.8. The van der Waals surface area contributed by atoms with E-state index in [2.05, 4.69) is 51.9 Å². The average Bonchev–Trinajstić information content (AvgIpc) is 3.34. The summed E-state index contributed by atoms with van der Waals surface area (Å²) in [5, 5.41) is 15.5. The topological polar surface area (TPSA) is 80.9 Å². The number of thioether (sulfide) groups is 1. The zero-order valence-corrected chi connectivity index (χ0v) is 17.5. The quantitative estimate of drug-likeness (QED) is 0.333. The molecule has 146 valence electrons. The molecule has 0 bridgehead atoms. The predicted molar refractivity (Wildman–Crippen MR) is 115 cm³/mol. The van der Waals surface area contributed by atoms with Crippen LogP contribution in [0, 0.1) is 13.8 Å². The number of nitrogens with zero attached hydrogens (tertiary/aromatic N) is 3. The molecule has 1 N–H and O–H groups in total. The standard InChI is InChI=1S/C21H18N4O2S2/c1-13-8-10-15(11-9-13)12-28-21-24-23-20(29-21)22-19(26)17-14(2)25-27-18(17)16-6-4-3-5-7-16/h3-11H,12H2,1-2H3,(H,22,23,26). The van der Waals surface area contributed by atoms with Crippen LogP contribution in [0.4, 0.5) is 5.13 Å². The molecule has 2 aromatic carbocycles. The van der Waals surface area contributed by atoms with E-state index in [9.17, 15) is 4.79 Å². The fourth-order valence-electron chi connectivity index (χ4n) is 2.73. The van der Waals surface area contributed by atoms with Gasteiger partial charge in [0.15, 0.2) is 10.1 Å². The highest BCUT2D eigenvalue weighted by molar-refractivity contribution is 8.00. The molecule has 0 aliphatic carbocycles. The van der Waals surface area contributed by atoms with Crippen LogP contribution in [0.1, 0.15) is 27.2 Å². The molecule has 1 amide bonds. The number of benzene rings is 2. The van der Waals surface area contributed by atoms with E-state index in [-0.39, 0.29) is 5.91 Å². The summed E-state index contributed by atoms with van der Waals surface area (Å²) >= 11 is 2.94. The molecule has 0 unspecified atom stereocenters. The molecule has 0 atom stereocenters. The van der Waals surface area contributed by atoms with Gasteiger partial charge in [-0.2, -0.15) is 0 Å². The van der Waals surface area contributed by atoms with Crippen molar-refractivity contribution < 1.29 is 9.32 Å². The molecule has 0 saturated heterocycles. The van der Waals surface area contributed by atoms with E-state index < -0.39 is 0 Å². The molecular weight excluding hydrogens is 404 g/mol. The minimum absolute atomic E-state index is 0.311. The van der Waals surface area contributed by atoms with E-state index in [1.165, 1.54) is 22.5 Å². The van der Waals surface area contributed by atoms with Crippen molar-refractivity contribution in [3.05, 3.63) is 77.0 Å². The number of aryl methyl sites for hydroxylation is 2. The number of hydrogen-bond acceptors (Lipinski definition) is 7. The van der Waals surface area contributed by atoms with Gasteiger partial charge in [-0.25, -0.2) is 0 Å². The van der Waals surface area contributed by atoms with Crippen LogP contribution >= 0.6 is 23.1 Å². The van der Waals surface area contributed by atoms with Gasteiger partial charge in [0, 0.05) is 11.3 Å². The average molecular weight is 423 g/mol. The monoisotopic (exact) mass is 422 g/mol. The lowest BCUT2D eigenvalue weighted by Gasteiger charge is -2.02. The molecule has 6 nitrogen and oxygen atoms in total. The zero-order valence-electron chi connectivity index (χ0n) is 15.9. The van der Waals surface area contributed by atoms with Crippen LogP contribution in [0.3, 0.4) is 0 Å². The molecule has 8 heteroatoms. The van der Waals surface area contributed by atoms with Gasteiger partial charge in [0.2, 0.25) is 5.13 Å². The molecule has 0 saturated carbocycles. The molecule has 0 aliphatic rings. The third-order valence-electron chi connectivity index (χ3n) is 4.24. The van der Waals surface area contributed by atoms with Crippen molar-refractivity contribution in [2.24, 2.45) is 0 Å². The number of carbonyl (C=O) groups excluding carboxylic acids is 1. The first-order chi connectivity index (χ1) is 14.1. The second kappa shape index (κ2) is 8.59. The lowest BCUT2D eigenvalue weighted by atomic mass is 10.1. The Hall–Kier alpha value is -2.97. The van der Waals surface area contributed by atoms with Crippen molar-refractivity contribution in [1.29, 1.82) is 0 Å². The molecule has 2 heterocycles. The summed E-state index contributed by atoms with van der Waals surface area (Å²) in [7, 11) is 0. The summed E-state index contributed by atoms with van der Waals surface area (Å²) in [5.74, 6) is 0.930. The molecule has 0 aliphatic heterocycles. The lowest BCUT2D eigenvalue weighted by molar-refractivity contribution is 0.102. The highest BCUT2D eigenvalue weighted by Gasteiger charge is 2.22. The fraction of sp³-hybridized carbons (Fsp3) is 0.143. The van der Waals surface area contributed by atoms with Crippen molar-refractivity contribution in [2.45, 2.75) is 23.9 Å². The van der Waals surface area contributed by atoms with Crippen molar-refractivity contribution in [3.63, 3.8) is 0 Å². The normalized spacial score (nSPS) is 10.8. The van der Waals surface area contributed by atoms with Crippen molar-refractivity contribution >= 4 is 34.1 Å². The van der Waals surface area contributed by atoms with Crippen LogP contribution in [0.2, 0.25) is 0 Å². The molecular formula is C21H18N4O2S2. The summed E-state index contributed by atoms with van der Waals surface area (Å²) in [4.78, 5) is 12.8. The summed E-state index contributed by atoms with van der Waals surface area (Å²) in [5.41, 5.74) is 4.18. The summed E-state index contributed by atoms with van der Waals surface area (Å²) < 4.78 is 6.19. The number of nitrogens with one attached hydrogen (secondary N) is 1. The minimum atomic E-state index is -0.311. The van der Waals surface area contributed by atoms with Crippen LogP contribution < -0.4 is 5.32 Å². The molecule has 4 rings (SSSR count). The van der Waals surface area contributed by atoms with E-state index in [4.69, 9.17) is 4.52 Å². The fourth-order valence-corrected chi connectivity index (χ4v) is 4.43. The zero-order chi connectivity index (χ0) is 20.2. The molecule has 0 radical (unpaired) electrons. The van der Waals surface area contributed by atoms with Gasteiger partial charge in [0.05, 0.1) is 5.69 Å². The van der Waals surface area contributed by atoms with Crippen molar-refractivity contribution in [1.82, 2.24) is 15.4 Å². The molecule has 0 fully saturated rings. The second-order valence-corrected chi connectivity index (χ2v) is 8.64. The van der Waals surface area contributed by atoms with Crippen LogP contribution in [0.25, 0.3) is 11.3 Å². The Bertz CT molecular complexity index is 1120. The maximum Gasteiger partial charge on any atom is 0.263 e. The van der Waals surface area contributed by atoms with E-state index in [0.29, 0.717) is 22.1 Å². The Kier molecular flexibility index (Phi) is 5.73. The smallest absolute Gasteiger partial charge is 0.263 e. The van der Waals surface area contributed by atoms with Gasteiger partial charge < -0.3 is 4.52 Å². The van der Waals surface area contributed by atoms with Gasteiger partial charge in [0.25, 0.3) is 5.91 Å². The Morgan fingerprint density at radius 1 is 1.07 bits per heavy atom. The minimum Gasteiger partial charge on any atom is -0.355 e. The van der Waals surface area contributed by atoms with Crippen molar-refractivity contribution in [3.8, 4) is 11.3 Å². The van der Waals surface area contributed by atoms with Crippen molar-refractivity contribution in [2.75, 3.05) is 5.32 Å². The Labute approximate surface area is 176 Å². The molecule has 4 aromatic rings. The van der Waals surface area contributed by atoms with E-state index in [0.717, 1.165) is 15.7 Å². The number of amides is 1. The number of aromatic nitrogens is 3. The van der Waals surface area contributed by atoms with E-state index >= 15 is 0 Å². The van der Waals surface area contributed by atoms with Gasteiger partial charge in [-0.05, 0) is 19.4 Å². The van der Waals surface area contributed by atoms with Gasteiger partial charge in [-0.3, -0.25) is 10.1 Å². The van der Waals surface area contributed by atoms with Crippen LogP contribution in [0.5, 0.6) is 0 Å². The summed E-state index contributed by atoms with van der Waals surface area (Å²) in [6.45, 7) is 3.81. The Morgan fingerprint density at radius 2 is 1.83 bits per heavy atom. The molecule has 29 heavy (non-hydrogen) atoms. The lowest BCUT2D eigenvalue weighted by Crippen LogP contribution is -2.13. The predicted octanol–water partition coefficient (Wildman–Crippen LogP) is 5.35. The summed E-state index contributed by atoms with van der Waals surface area (Å²) in [6.07, 6.45) is 0. The molecule has 0 spiro atoms. The van der Waals surface area contributed by atoms with Gasteiger partial charge >= 0.3 is 0 Å². The van der Waals surface area contributed by atoms with E-state index in [1.807, 2.05) is 30.3 Å². The van der Waals surface area contributed by atoms with E-state index in [1.54, 1.807) is 18.7 Å². The van der Waals surface area contributed by atoms with Crippen LogP contribution in [-0.4, -0.2) is 21.3 Å². The van der Waals surface area contributed by atoms with Gasteiger partial charge in [-0.15, -0.1) is 10.2 Å². The van der Waals surface area contributed by atoms with Crippen LogP contribution in [-0.2, 0) is 5.75 Å².